The van der Waals surface area contributed by atoms with Crippen LogP contribution in [0.5, 0.6) is 0 Å². The molecule has 1 aromatic carbocycles. The van der Waals surface area contributed by atoms with E-state index >= 15 is 0 Å². The zero-order chi connectivity index (χ0) is 14.1. The monoisotopic (exact) mass is 323 g/mol. The van der Waals surface area contributed by atoms with Gasteiger partial charge in [-0.05, 0) is 29.6 Å². The summed E-state index contributed by atoms with van der Waals surface area (Å²) in [5, 5.41) is 6.21. The highest BCUT2D eigenvalue weighted by Crippen LogP contribution is 2.26. The third kappa shape index (κ3) is 2.47. The summed E-state index contributed by atoms with van der Waals surface area (Å²) in [6, 6.07) is 6.58. The first kappa shape index (κ1) is 13.3. The average Bonchev–Trinajstić information content (AvgIpc) is 2.87. The van der Waals surface area contributed by atoms with E-state index in [9.17, 15) is 4.79 Å². The lowest BCUT2D eigenvalue weighted by molar-refractivity contribution is 0.102. The zero-order valence-corrected chi connectivity index (χ0v) is 12.3. The Morgan fingerprint density at radius 2 is 2.05 bits per heavy atom. The maximum Gasteiger partial charge on any atom is 0.258 e. The Balaban J connectivity index is 1.94. The number of halogens is 2. The molecule has 0 aliphatic carbocycles. The zero-order valence-electron chi connectivity index (χ0n) is 9.93. The van der Waals surface area contributed by atoms with Gasteiger partial charge in [0, 0.05) is 5.02 Å². The summed E-state index contributed by atoms with van der Waals surface area (Å²) in [6.45, 7) is 0. The van der Waals surface area contributed by atoms with Crippen molar-refractivity contribution in [3.8, 4) is 0 Å². The van der Waals surface area contributed by atoms with E-state index in [0.717, 1.165) is 10.2 Å². The average molecular weight is 324 g/mol. The second-order valence-electron chi connectivity index (χ2n) is 3.94. The molecule has 3 aromatic rings. The molecule has 0 saturated carbocycles. The first-order valence-electron chi connectivity index (χ1n) is 5.60. The number of carbonyl (C=O) groups excluding carboxylic acids is 1. The molecule has 20 heavy (non-hydrogen) atoms. The van der Waals surface area contributed by atoms with Gasteiger partial charge in [0.1, 0.15) is 17.0 Å². The molecule has 1 amide bonds. The summed E-state index contributed by atoms with van der Waals surface area (Å²) in [4.78, 5) is 21.2. The molecule has 0 fully saturated rings. The number of benzene rings is 1. The molecule has 0 bridgehead atoms. The Labute approximate surface area is 128 Å². The predicted octanol–water partition coefficient (Wildman–Crippen LogP) is 4.25. The van der Waals surface area contributed by atoms with Crippen molar-refractivity contribution >= 4 is 56.5 Å². The number of rotatable bonds is 2. The van der Waals surface area contributed by atoms with Gasteiger partial charge in [-0.1, -0.05) is 23.2 Å². The van der Waals surface area contributed by atoms with Gasteiger partial charge in [0.2, 0.25) is 0 Å². The van der Waals surface area contributed by atoms with Gasteiger partial charge in [-0.2, -0.15) is 0 Å². The van der Waals surface area contributed by atoms with Crippen LogP contribution < -0.4 is 5.32 Å². The SMILES string of the molecule is O=C(Nc1ncnc2sccc12)c1ccc(Cl)cc1Cl. The Morgan fingerprint density at radius 3 is 2.85 bits per heavy atom. The fourth-order valence-corrected chi connectivity index (χ4v) is 2.97. The number of carbonyl (C=O) groups is 1. The van der Waals surface area contributed by atoms with E-state index in [1.54, 1.807) is 12.1 Å². The molecule has 0 atom stereocenters. The van der Waals surface area contributed by atoms with Crippen molar-refractivity contribution < 1.29 is 4.79 Å². The number of nitrogens with zero attached hydrogens (tertiary/aromatic N) is 2. The summed E-state index contributed by atoms with van der Waals surface area (Å²) >= 11 is 13.3. The Hall–Kier alpha value is -1.69. The largest absolute Gasteiger partial charge is 0.306 e. The van der Waals surface area contributed by atoms with Crippen LogP contribution in [-0.2, 0) is 0 Å². The Bertz CT molecular complexity index is 803. The van der Waals surface area contributed by atoms with Crippen LogP contribution in [-0.4, -0.2) is 15.9 Å². The first-order valence-corrected chi connectivity index (χ1v) is 7.23. The minimum absolute atomic E-state index is 0.297. The minimum Gasteiger partial charge on any atom is -0.306 e. The van der Waals surface area contributed by atoms with Gasteiger partial charge in [-0.15, -0.1) is 11.3 Å². The molecule has 7 heteroatoms. The number of aromatic nitrogens is 2. The molecule has 0 radical (unpaired) electrons. The van der Waals surface area contributed by atoms with Gasteiger partial charge >= 0.3 is 0 Å². The minimum atomic E-state index is -0.335. The smallest absolute Gasteiger partial charge is 0.258 e. The van der Waals surface area contributed by atoms with E-state index in [2.05, 4.69) is 15.3 Å². The third-order valence-corrected chi connectivity index (χ3v) is 4.04. The highest BCUT2D eigenvalue weighted by atomic mass is 35.5. The second kappa shape index (κ2) is 5.36. The van der Waals surface area contributed by atoms with Crippen molar-refractivity contribution in [1.82, 2.24) is 9.97 Å². The number of thiophene rings is 1. The number of amides is 1. The van der Waals surface area contributed by atoms with Crippen molar-refractivity contribution in [3.05, 3.63) is 51.6 Å². The highest BCUT2D eigenvalue weighted by Gasteiger charge is 2.13. The molecule has 2 aromatic heterocycles. The molecule has 100 valence electrons. The number of anilines is 1. The lowest BCUT2D eigenvalue weighted by Crippen LogP contribution is -2.13. The molecule has 0 aliphatic heterocycles. The molecule has 0 unspecified atom stereocenters. The van der Waals surface area contributed by atoms with Crippen LogP contribution in [0, 0.1) is 0 Å². The fourth-order valence-electron chi connectivity index (χ4n) is 1.74. The van der Waals surface area contributed by atoms with E-state index in [1.807, 2.05) is 11.4 Å². The molecule has 3 rings (SSSR count). The van der Waals surface area contributed by atoms with Gasteiger partial charge in [-0.3, -0.25) is 4.79 Å². The summed E-state index contributed by atoms with van der Waals surface area (Å²) in [6.07, 6.45) is 1.41. The maximum atomic E-state index is 12.2. The summed E-state index contributed by atoms with van der Waals surface area (Å²) in [5.41, 5.74) is 0.345. The van der Waals surface area contributed by atoms with Crippen LogP contribution >= 0.6 is 34.5 Å². The topological polar surface area (TPSA) is 54.9 Å². The highest BCUT2D eigenvalue weighted by molar-refractivity contribution is 7.16. The quantitative estimate of drug-likeness (QED) is 0.767. The van der Waals surface area contributed by atoms with E-state index < -0.39 is 0 Å². The van der Waals surface area contributed by atoms with Gasteiger partial charge in [-0.25, -0.2) is 9.97 Å². The lowest BCUT2D eigenvalue weighted by atomic mass is 10.2. The van der Waals surface area contributed by atoms with Crippen molar-refractivity contribution in [3.63, 3.8) is 0 Å². The van der Waals surface area contributed by atoms with Crippen LogP contribution in [0.4, 0.5) is 5.82 Å². The predicted molar refractivity (Wildman–Crippen MR) is 81.8 cm³/mol. The maximum absolute atomic E-state index is 12.2. The van der Waals surface area contributed by atoms with Crippen molar-refractivity contribution in [2.45, 2.75) is 0 Å². The van der Waals surface area contributed by atoms with Gasteiger partial charge < -0.3 is 5.32 Å². The number of hydrogen-bond acceptors (Lipinski definition) is 4. The summed E-state index contributed by atoms with van der Waals surface area (Å²) in [5.74, 6) is 0.130. The van der Waals surface area contributed by atoms with E-state index in [0.29, 0.717) is 21.4 Å². The van der Waals surface area contributed by atoms with Crippen LogP contribution in [0.3, 0.4) is 0 Å². The molecule has 4 nitrogen and oxygen atoms in total. The number of hydrogen-bond donors (Lipinski definition) is 1. The third-order valence-electron chi connectivity index (χ3n) is 2.67. The van der Waals surface area contributed by atoms with Gasteiger partial charge in [0.25, 0.3) is 5.91 Å². The van der Waals surface area contributed by atoms with E-state index in [1.165, 1.54) is 23.7 Å². The number of fused-ring (bicyclic) bond motifs is 1. The van der Waals surface area contributed by atoms with E-state index in [4.69, 9.17) is 23.2 Å². The molecular weight excluding hydrogens is 317 g/mol. The normalized spacial score (nSPS) is 10.7. The number of nitrogens with one attached hydrogen (secondary N) is 1. The molecule has 1 N–H and O–H groups in total. The lowest BCUT2D eigenvalue weighted by Gasteiger charge is -2.07. The van der Waals surface area contributed by atoms with Crippen LogP contribution in [0.1, 0.15) is 10.4 Å². The Morgan fingerprint density at radius 1 is 1.20 bits per heavy atom. The molecule has 0 aliphatic rings. The first-order chi connectivity index (χ1) is 9.65. The molecule has 0 spiro atoms. The van der Waals surface area contributed by atoms with Crippen molar-refractivity contribution in [1.29, 1.82) is 0 Å². The fraction of sp³-hybridized carbons (Fsp3) is 0. The van der Waals surface area contributed by atoms with Gasteiger partial charge in [0.15, 0.2) is 0 Å². The van der Waals surface area contributed by atoms with Crippen LogP contribution in [0.25, 0.3) is 10.2 Å². The molecular formula is C13H7Cl2N3OS. The van der Waals surface area contributed by atoms with E-state index in [-0.39, 0.29) is 5.91 Å². The Kier molecular flexibility index (Phi) is 3.56. The van der Waals surface area contributed by atoms with Crippen LogP contribution in [0.15, 0.2) is 36.0 Å². The van der Waals surface area contributed by atoms with Crippen molar-refractivity contribution in [2.75, 3.05) is 5.32 Å². The second-order valence-corrected chi connectivity index (χ2v) is 5.68. The molecule has 0 saturated heterocycles. The molecule has 2 heterocycles. The summed E-state index contributed by atoms with van der Waals surface area (Å²) in [7, 11) is 0. The van der Waals surface area contributed by atoms with Crippen LogP contribution in [0.2, 0.25) is 10.0 Å². The standard InChI is InChI=1S/C13H7Cl2N3OS/c14-7-1-2-8(10(15)5-7)12(19)18-11-9-3-4-20-13(9)17-6-16-11/h1-6H,(H,16,17,18,19). The van der Waals surface area contributed by atoms with Gasteiger partial charge in [0.05, 0.1) is 16.0 Å². The van der Waals surface area contributed by atoms with Crippen molar-refractivity contribution in [2.24, 2.45) is 0 Å². The summed E-state index contributed by atoms with van der Waals surface area (Å²) < 4.78 is 0.